The molecule has 0 spiro atoms. The van der Waals surface area contributed by atoms with Gasteiger partial charge < -0.3 is 25.3 Å². The first-order chi connectivity index (χ1) is 13.0. The average molecular weight is 371 g/mol. The van der Waals surface area contributed by atoms with Gasteiger partial charge in [-0.15, -0.1) is 0 Å². The maximum atomic E-state index is 5.98. The predicted octanol–water partition coefficient (Wildman–Crippen LogP) is 3.34. The molecule has 0 aliphatic carbocycles. The van der Waals surface area contributed by atoms with E-state index in [1.807, 2.05) is 42.5 Å². The zero-order valence-electron chi connectivity index (χ0n) is 16.5. The Morgan fingerprint density at radius 1 is 1.04 bits per heavy atom. The van der Waals surface area contributed by atoms with Gasteiger partial charge in [-0.25, -0.2) is 4.99 Å². The molecule has 2 rings (SSSR count). The summed E-state index contributed by atoms with van der Waals surface area (Å²) >= 11 is 0. The third kappa shape index (κ3) is 6.73. The lowest BCUT2D eigenvalue weighted by Gasteiger charge is -2.11. The van der Waals surface area contributed by atoms with E-state index < -0.39 is 0 Å². The smallest absolute Gasteiger partial charge is 0.189 e. The largest absolute Gasteiger partial charge is 0.493 e. The maximum absolute atomic E-state index is 5.98. The first-order valence-corrected chi connectivity index (χ1v) is 8.98. The lowest BCUT2D eigenvalue weighted by atomic mass is 10.2. The zero-order chi connectivity index (χ0) is 19.6. The molecule has 0 heterocycles. The van der Waals surface area contributed by atoms with Crippen LogP contribution in [0.2, 0.25) is 0 Å². The molecular weight excluding hydrogens is 342 g/mol. The fraction of sp³-hybridized carbons (Fsp3) is 0.381. The third-order valence-corrected chi connectivity index (χ3v) is 3.84. The van der Waals surface area contributed by atoms with Crippen LogP contribution in [0.4, 0.5) is 0 Å². The Hall–Kier alpha value is -2.89. The van der Waals surface area contributed by atoms with Crippen molar-refractivity contribution in [3.8, 4) is 17.2 Å². The molecule has 0 radical (unpaired) electrons. The minimum atomic E-state index is 0.387. The number of methoxy groups -OCH3 is 2. The van der Waals surface area contributed by atoms with Crippen molar-refractivity contribution in [1.82, 2.24) is 5.32 Å². The van der Waals surface area contributed by atoms with Crippen LogP contribution in [0.15, 0.2) is 47.5 Å². The number of benzene rings is 2. The molecule has 0 aliphatic rings. The molecule has 0 aromatic heterocycles. The predicted molar refractivity (Wildman–Crippen MR) is 108 cm³/mol. The van der Waals surface area contributed by atoms with Gasteiger partial charge in [0, 0.05) is 6.54 Å². The second kappa shape index (κ2) is 10.3. The van der Waals surface area contributed by atoms with E-state index in [4.69, 9.17) is 19.9 Å². The van der Waals surface area contributed by atoms with E-state index in [1.165, 1.54) is 0 Å². The summed E-state index contributed by atoms with van der Waals surface area (Å²) in [5, 5.41) is 3.11. The van der Waals surface area contributed by atoms with Crippen LogP contribution in [0.1, 0.15) is 25.0 Å². The van der Waals surface area contributed by atoms with Crippen LogP contribution < -0.4 is 25.3 Å². The number of guanidine groups is 1. The van der Waals surface area contributed by atoms with Gasteiger partial charge in [0.1, 0.15) is 5.75 Å². The minimum absolute atomic E-state index is 0.387. The Bertz CT molecular complexity index is 760. The molecule has 0 amide bonds. The Labute approximate surface area is 161 Å². The van der Waals surface area contributed by atoms with Gasteiger partial charge in [-0.05, 0) is 41.3 Å². The van der Waals surface area contributed by atoms with E-state index in [0.717, 1.165) is 16.9 Å². The van der Waals surface area contributed by atoms with E-state index >= 15 is 0 Å². The lowest BCUT2D eigenvalue weighted by molar-refractivity contribution is 0.271. The van der Waals surface area contributed by atoms with E-state index in [-0.39, 0.29) is 0 Å². The Morgan fingerprint density at radius 3 is 2.52 bits per heavy atom. The maximum Gasteiger partial charge on any atom is 0.189 e. The van der Waals surface area contributed by atoms with Gasteiger partial charge in [-0.2, -0.15) is 0 Å². The molecular formula is C21H29N3O3. The van der Waals surface area contributed by atoms with Crippen molar-refractivity contribution in [2.24, 2.45) is 16.6 Å². The van der Waals surface area contributed by atoms with Gasteiger partial charge in [0.15, 0.2) is 17.5 Å². The quantitative estimate of drug-likeness (QED) is 0.522. The third-order valence-electron chi connectivity index (χ3n) is 3.84. The van der Waals surface area contributed by atoms with Crippen molar-refractivity contribution in [2.75, 3.05) is 20.8 Å². The molecule has 2 aromatic rings. The summed E-state index contributed by atoms with van der Waals surface area (Å²) in [4.78, 5) is 4.39. The van der Waals surface area contributed by atoms with Crippen molar-refractivity contribution in [3.05, 3.63) is 53.6 Å². The van der Waals surface area contributed by atoms with Crippen LogP contribution in [0, 0.1) is 5.92 Å². The molecule has 0 saturated carbocycles. The van der Waals surface area contributed by atoms with Crippen molar-refractivity contribution >= 4 is 5.96 Å². The molecule has 6 heteroatoms. The second-order valence-electron chi connectivity index (χ2n) is 6.60. The Balaban J connectivity index is 1.90. The summed E-state index contributed by atoms with van der Waals surface area (Å²) < 4.78 is 16.3. The number of rotatable bonds is 9. The van der Waals surface area contributed by atoms with Gasteiger partial charge in [0.2, 0.25) is 0 Å². The summed E-state index contributed by atoms with van der Waals surface area (Å²) in [6.45, 7) is 5.98. The highest BCUT2D eigenvalue weighted by atomic mass is 16.5. The Morgan fingerprint density at radius 2 is 1.81 bits per heavy atom. The van der Waals surface area contributed by atoms with E-state index in [1.54, 1.807) is 14.2 Å². The minimum Gasteiger partial charge on any atom is -0.493 e. The topological polar surface area (TPSA) is 78.1 Å². The summed E-state index contributed by atoms with van der Waals surface area (Å²) in [5.74, 6) is 3.11. The van der Waals surface area contributed by atoms with E-state index in [9.17, 15) is 0 Å². The number of nitrogens with zero attached hydrogens (tertiary/aromatic N) is 1. The lowest BCUT2D eigenvalue weighted by Crippen LogP contribution is -2.31. The highest BCUT2D eigenvalue weighted by Crippen LogP contribution is 2.27. The number of ether oxygens (including phenoxy) is 3. The molecule has 2 aromatic carbocycles. The highest BCUT2D eigenvalue weighted by Gasteiger charge is 2.05. The van der Waals surface area contributed by atoms with Crippen LogP contribution in [-0.2, 0) is 13.1 Å². The molecule has 6 nitrogen and oxygen atoms in total. The molecule has 0 unspecified atom stereocenters. The van der Waals surface area contributed by atoms with Gasteiger partial charge in [0.25, 0.3) is 0 Å². The van der Waals surface area contributed by atoms with Gasteiger partial charge in [-0.3, -0.25) is 0 Å². The second-order valence-corrected chi connectivity index (χ2v) is 6.60. The number of aliphatic imine (C=N–C) groups is 1. The summed E-state index contributed by atoms with van der Waals surface area (Å²) in [7, 11) is 3.23. The summed E-state index contributed by atoms with van der Waals surface area (Å²) in [5.41, 5.74) is 8.06. The molecule has 0 bridgehead atoms. The summed E-state index contributed by atoms with van der Waals surface area (Å²) in [6, 6.07) is 13.7. The first kappa shape index (κ1) is 20.4. The van der Waals surface area contributed by atoms with Crippen LogP contribution in [-0.4, -0.2) is 26.8 Å². The number of hydrogen-bond acceptors (Lipinski definition) is 4. The van der Waals surface area contributed by atoms with Crippen LogP contribution in [0.5, 0.6) is 17.2 Å². The van der Waals surface area contributed by atoms with Crippen LogP contribution >= 0.6 is 0 Å². The van der Waals surface area contributed by atoms with Crippen LogP contribution in [0.25, 0.3) is 0 Å². The van der Waals surface area contributed by atoms with Crippen LogP contribution in [0.3, 0.4) is 0 Å². The number of nitrogens with one attached hydrogen (secondary N) is 1. The summed E-state index contributed by atoms with van der Waals surface area (Å²) in [6.07, 6.45) is 0. The van der Waals surface area contributed by atoms with E-state index in [0.29, 0.717) is 43.1 Å². The van der Waals surface area contributed by atoms with Crippen molar-refractivity contribution in [3.63, 3.8) is 0 Å². The van der Waals surface area contributed by atoms with Crippen molar-refractivity contribution in [1.29, 1.82) is 0 Å². The molecule has 27 heavy (non-hydrogen) atoms. The molecule has 0 fully saturated rings. The van der Waals surface area contributed by atoms with E-state index in [2.05, 4.69) is 24.2 Å². The van der Waals surface area contributed by atoms with Gasteiger partial charge in [0.05, 0.1) is 27.4 Å². The normalized spacial score (nSPS) is 11.4. The fourth-order valence-corrected chi connectivity index (χ4v) is 2.41. The standard InChI is InChI=1S/C21H29N3O3/c1-15(2)14-27-18-7-5-6-16(10-18)12-23-21(22)24-13-17-8-9-19(25-3)20(11-17)26-4/h5-11,15H,12-14H2,1-4H3,(H3,22,23,24). The van der Waals surface area contributed by atoms with Gasteiger partial charge >= 0.3 is 0 Å². The average Bonchev–Trinajstić information content (AvgIpc) is 2.69. The fourth-order valence-electron chi connectivity index (χ4n) is 2.41. The van der Waals surface area contributed by atoms with Crippen molar-refractivity contribution in [2.45, 2.75) is 26.9 Å². The molecule has 0 saturated heterocycles. The number of hydrogen-bond donors (Lipinski definition) is 2. The highest BCUT2D eigenvalue weighted by molar-refractivity contribution is 5.77. The number of nitrogens with two attached hydrogens (primary N) is 1. The molecule has 0 aliphatic heterocycles. The SMILES string of the molecule is COc1ccc(CNC(N)=NCc2cccc(OCC(C)C)c2)cc1OC. The molecule has 146 valence electrons. The molecule has 3 N–H and O–H groups in total. The van der Waals surface area contributed by atoms with Gasteiger partial charge in [-0.1, -0.05) is 32.0 Å². The molecule has 0 atom stereocenters. The monoisotopic (exact) mass is 371 g/mol. The van der Waals surface area contributed by atoms with Crippen molar-refractivity contribution < 1.29 is 14.2 Å². The zero-order valence-corrected chi connectivity index (χ0v) is 16.5. The first-order valence-electron chi connectivity index (χ1n) is 8.98. The Kier molecular flexibility index (Phi) is 7.79.